The number of carbonyl (C=O) groups excluding carboxylic acids is 1. The molecule has 1 aromatic heterocycles. The number of carbonyl (C=O) groups is 1. The van der Waals surface area contributed by atoms with E-state index >= 15 is 0 Å². The molecule has 28 heavy (non-hydrogen) atoms. The first kappa shape index (κ1) is 19.4. The van der Waals surface area contributed by atoms with Gasteiger partial charge in [0.1, 0.15) is 11.8 Å². The molecule has 0 unspecified atom stereocenters. The van der Waals surface area contributed by atoms with E-state index in [2.05, 4.69) is 31.2 Å². The van der Waals surface area contributed by atoms with Crippen molar-refractivity contribution < 1.29 is 9.53 Å². The summed E-state index contributed by atoms with van der Waals surface area (Å²) in [6.07, 6.45) is 0.660. The topological polar surface area (TPSA) is 55.0 Å². The minimum atomic E-state index is -0.404. The molecule has 0 saturated heterocycles. The molecule has 0 atom stereocenters. The Morgan fingerprint density at radius 2 is 1.75 bits per heavy atom. The van der Waals surface area contributed by atoms with E-state index < -0.39 is 5.97 Å². The first-order valence-electron chi connectivity index (χ1n) is 9.48. The fraction of sp³-hybridized carbons (Fsp3) is 0.250. The van der Waals surface area contributed by atoms with E-state index in [9.17, 15) is 10.1 Å². The van der Waals surface area contributed by atoms with Gasteiger partial charge in [-0.05, 0) is 37.0 Å². The number of hydrogen-bond acceptors (Lipinski definition) is 3. The van der Waals surface area contributed by atoms with Gasteiger partial charge in [-0.1, -0.05) is 61.0 Å². The summed E-state index contributed by atoms with van der Waals surface area (Å²) < 4.78 is 7.06. The normalized spacial score (nSPS) is 10.5. The zero-order valence-corrected chi connectivity index (χ0v) is 16.7. The Kier molecular flexibility index (Phi) is 5.65. The Labute approximate surface area is 166 Å². The Bertz CT molecular complexity index is 1050. The van der Waals surface area contributed by atoms with Gasteiger partial charge in [0.05, 0.1) is 12.2 Å². The number of ether oxygens (including phenoxy) is 1. The van der Waals surface area contributed by atoms with Gasteiger partial charge >= 0.3 is 5.97 Å². The summed E-state index contributed by atoms with van der Waals surface area (Å²) in [6.45, 7) is 6.12. The molecule has 0 fully saturated rings. The second kappa shape index (κ2) is 8.14. The van der Waals surface area contributed by atoms with Crippen molar-refractivity contribution in [2.24, 2.45) is 7.05 Å². The van der Waals surface area contributed by atoms with Crippen LogP contribution in [0, 0.1) is 18.3 Å². The zero-order valence-electron chi connectivity index (χ0n) is 16.7. The summed E-state index contributed by atoms with van der Waals surface area (Å²) in [6, 6.07) is 18.6. The number of aromatic nitrogens is 1. The van der Waals surface area contributed by atoms with Crippen LogP contribution in [0.25, 0.3) is 22.3 Å². The maximum absolute atomic E-state index is 12.6. The molecule has 0 N–H and O–H groups in total. The smallest absolute Gasteiger partial charge is 0.355 e. The van der Waals surface area contributed by atoms with Crippen LogP contribution in [-0.4, -0.2) is 17.1 Å². The lowest BCUT2D eigenvalue weighted by molar-refractivity contribution is 0.0516. The summed E-state index contributed by atoms with van der Waals surface area (Å²) in [5.74, 6) is -0.404. The Morgan fingerprint density at radius 3 is 2.32 bits per heavy atom. The van der Waals surface area contributed by atoms with Gasteiger partial charge in [-0.3, -0.25) is 0 Å². The minimum absolute atomic E-state index is 0.291. The molecule has 3 rings (SSSR count). The minimum Gasteiger partial charge on any atom is -0.461 e. The second-order valence-electron chi connectivity index (χ2n) is 6.74. The van der Waals surface area contributed by atoms with Crippen LogP contribution >= 0.6 is 0 Å². The third-order valence-corrected chi connectivity index (χ3v) is 4.96. The highest BCUT2D eigenvalue weighted by Crippen LogP contribution is 2.34. The van der Waals surface area contributed by atoms with Crippen molar-refractivity contribution >= 4 is 5.97 Å². The lowest BCUT2D eigenvalue weighted by Crippen LogP contribution is -2.12. The molecule has 2 aromatic carbocycles. The lowest BCUT2D eigenvalue weighted by Gasteiger charge is -2.09. The summed E-state index contributed by atoms with van der Waals surface area (Å²) in [4.78, 5) is 12.6. The molecular weight excluding hydrogens is 348 g/mol. The van der Waals surface area contributed by atoms with Gasteiger partial charge in [0.2, 0.25) is 0 Å². The van der Waals surface area contributed by atoms with Crippen LogP contribution in [0.2, 0.25) is 0 Å². The average Bonchev–Trinajstić information content (AvgIpc) is 2.99. The molecule has 0 aliphatic carbocycles. The first-order chi connectivity index (χ1) is 13.5. The van der Waals surface area contributed by atoms with Crippen LogP contribution in [0.15, 0.2) is 48.5 Å². The van der Waals surface area contributed by atoms with Crippen molar-refractivity contribution in [1.82, 2.24) is 4.57 Å². The van der Waals surface area contributed by atoms with Gasteiger partial charge in [0.15, 0.2) is 0 Å². The largest absolute Gasteiger partial charge is 0.461 e. The number of aryl methyl sites for hydroxylation is 1. The van der Waals surface area contributed by atoms with E-state index in [1.807, 2.05) is 44.3 Å². The molecule has 3 aromatic rings. The van der Waals surface area contributed by atoms with E-state index in [0.717, 1.165) is 22.4 Å². The van der Waals surface area contributed by atoms with Crippen LogP contribution in [-0.2, 0) is 18.2 Å². The molecule has 0 amide bonds. The van der Waals surface area contributed by atoms with Crippen molar-refractivity contribution in [1.29, 1.82) is 5.26 Å². The molecule has 1 heterocycles. The van der Waals surface area contributed by atoms with Crippen LogP contribution < -0.4 is 0 Å². The molecule has 0 bridgehead atoms. The van der Waals surface area contributed by atoms with Crippen LogP contribution in [0.4, 0.5) is 0 Å². The predicted molar refractivity (Wildman–Crippen MR) is 111 cm³/mol. The van der Waals surface area contributed by atoms with Gasteiger partial charge in [-0.2, -0.15) is 5.26 Å². The SMILES string of the molecule is CCOC(=O)c1c(-c2ccc(-c3cccc(C)c3)cc2)c(C#N)c(CC)n1C. The molecule has 142 valence electrons. The summed E-state index contributed by atoms with van der Waals surface area (Å²) in [5.41, 5.74) is 6.73. The van der Waals surface area contributed by atoms with Gasteiger partial charge in [-0.25, -0.2) is 4.79 Å². The summed E-state index contributed by atoms with van der Waals surface area (Å²) in [5, 5.41) is 9.79. The van der Waals surface area contributed by atoms with E-state index in [1.54, 1.807) is 11.5 Å². The van der Waals surface area contributed by atoms with E-state index in [1.165, 1.54) is 5.56 Å². The highest BCUT2D eigenvalue weighted by atomic mass is 16.5. The molecular formula is C24H24N2O2. The lowest BCUT2D eigenvalue weighted by atomic mass is 9.96. The van der Waals surface area contributed by atoms with Gasteiger partial charge < -0.3 is 9.30 Å². The molecule has 0 spiro atoms. The second-order valence-corrected chi connectivity index (χ2v) is 6.74. The van der Waals surface area contributed by atoms with Gasteiger partial charge in [0, 0.05) is 18.3 Å². The Balaban J connectivity index is 2.15. The molecule has 0 aliphatic rings. The van der Waals surface area contributed by atoms with E-state index in [4.69, 9.17) is 4.74 Å². The van der Waals surface area contributed by atoms with E-state index in [-0.39, 0.29) is 0 Å². The van der Waals surface area contributed by atoms with Crippen molar-refractivity contribution in [2.45, 2.75) is 27.2 Å². The fourth-order valence-electron chi connectivity index (χ4n) is 3.64. The van der Waals surface area contributed by atoms with Crippen LogP contribution in [0.1, 0.15) is 41.2 Å². The number of nitrogens with zero attached hydrogens (tertiary/aromatic N) is 2. The zero-order chi connectivity index (χ0) is 20.3. The number of nitriles is 1. The number of esters is 1. The van der Waals surface area contributed by atoms with Crippen molar-refractivity contribution in [3.05, 3.63) is 71.0 Å². The Hall–Kier alpha value is -3.32. The maximum Gasteiger partial charge on any atom is 0.355 e. The van der Waals surface area contributed by atoms with Crippen molar-refractivity contribution in [3.8, 4) is 28.3 Å². The fourth-order valence-corrected chi connectivity index (χ4v) is 3.64. The molecule has 4 nitrogen and oxygen atoms in total. The number of hydrogen-bond donors (Lipinski definition) is 0. The third-order valence-electron chi connectivity index (χ3n) is 4.96. The molecule has 0 aliphatic heterocycles. The molecule has 0 radical (unpaired) electrons. The van der Waals surface area contributed by atoms with E-state index in [0.29, 0.717) is 29.8 Å². The third kappa shape index (κ3) is 3.44. The number of benzene rings is 2. The summed E-state index contributed by atoms with van der Waals surface area (Å²) in [7, 11) is 1.82. The predicted octanol–water partition coefficient (Wildman–Crippen LogP) is 5.28. The molecule has 0 saturated carbocycles. The summed E-state index contributed by atoms with van der Waals surface area (Å²) >= 11 is 0. The highest BCUT2D eigenvalue weighted by molar-refractivity contribution is 5.98. The Morgan fingerprint density at radius 1 is 1.07 bits per heavy atom. The highest BCUT2D eigenvalue weighted by Gasteiger charge is 2.26. The maximum atomic E-state index is 12.6. The van der Waals surface area contributed by atoms with Crippen molar-refractivity contribution in [3.63, 3.8) is 0 Å². The quantitative estimate of drug-likeness (QED) is 0.573. The van der Waals surface area contributed by atoms with Crippen LogP contribution in [0.5, 0.6) is 0 Å². The monoisotopic (exact) mass is 372 g/mol. The van der Waals surface area contributed by atoms with Crippen LogP contribution in [0.3, 0.4) is 0 Å². The van der Waals surface area contributed by atoms with Gasteiger partial charge in [-0.15, -0.1) is 0 Å². The standard InChI is InChI=1S/C24H24N2O2/c1-5-21-20(15-25)22(23(26(21)4)24(27)28-6-2)18-12-10-17(11-13-18)19-9-7-8-16(3)14-19/h7-14H,5-6H2,1-4H3. The van der Waals surface area contributed by atoms with Gasteiger partial charge in [0.25, 0.3) is 0 Å². The number of rotatable bonds is 5. The first-order valence-corrected chi connectivity index (χ1v) is 9.48. The average molecular weight is 372 g/mol. The molecule has 4 heteroatoms. The van der Waals surface area contributed by atoms with Crippen molar-refractivity contribution in [2.75, 3.05) is 6.61 Å².